The second kappa shape index (κ2) is 7.04. The fourth-order valence-corrected chi connectivity index (χ4v) is 3.83. The quantitative estimate of drug-likeness (QED) is 0.412. The molecule has 2 heterocycles. The lowest BCUT2D eigenvalue weighted by atomic mass is 10.0. The number of carboxylic acid groups (broad SMARTS) is 2. The van der Waals surface area contributed by atoms with Gasteiger partial charge in [-0.05, 0) is 18.9 Å². The molecule has 2 rings (SSSR count). The number of fused-ring (bicyclic) bond motifs is 1. The molecule has 1 saturated heterocycles. The predicted octanol–water partition coefficient (Wildman–Crippen LogP) is -0.431. The van der Waals surface area contributed by atoms with E-state index >= 15 is 0 Å². The van der Waals surface area contributed by atoms with Gasteiger partial charge in [-0.3, -0.25) is 19.3 Å². The highest BCUT2D eigenvalue weighted by Gasteiger charge is 2.53. The summed E-state index contributed by atoms with van der Waals surface area (Å²) in [4.78, 5) is 57.7. The number of rotatable bonds is 7. The molecule has 9 nitrogen and oxygen atoms in total. The molecule has 0 unspecified atom stereocenters. The monoisotopic (exact) mass is 356 g/mol. The van der Waals surface area contributed by atoms with Crippen molar-refractivity contribution in [2.45, 2.75) is 37.6 Å². The topological polar surface area (TPSA) is 141 Å². The molecule has 3 N–H and O–H groups in total. The molecule has 2 amide bonds. The van der Waals surface area contributed by atoms with Gasteiger partial charge in [-0.15, -0.1) is 11.8 Å². The van der Waals surface area contributed by atoms with E-state index in [0.717, 1.165) is 0 Å². The van der Waals surface area contributed by atoms with Gasteiger partial charge in [-0.25, -0.2) is 9.59 Å². The minimum absolute atomic E-state index is 0.0405. The van der Waals surface area contributed by atoms with Gasteiger partial charge in [0.25, 0.3) is 5.91 Å². The Bertz CT molecular complexity index is 658. The van der Waals surface area contributed by atoms with Crippen molar-refractivity contribution in [3.05, 3.63) is 11.3 Å². The maximum absolute atomic E-state index is 12.1. The summed E-state index contributed by atoms with van der Waals surface area (Å²) in [5.41, 5.74) is 0.551. The van der Waals surface area contributed by atoms with Crippen LogP contribution >= 0.6 is 11.8 Å². The Morgan fingerprint density at radius 3 is 2.50 bits per heavy atom. The Balaban J connectivity index is 1.89. The van der Waals surface area contributed by atoms with Crippen LogP contribution in [0.2, 0.25) is 0 Å². The number of nitrogens with one attached hydrogen (secondary N) is 1. The van der Waals surface area contributed by atoms with Gasteiger partial charge in [0.2, 0.25) is 11.7 Å². The number of Topliss-reactive ketones (excluding diaryl/α,β-unsaturated/α-hetero) is 1. The van der Waals surface area contributed by atoms with Crippen LogP contribution in [0.5, 0.6) is 0 Å². The van der Waals surface area contributed by atoms with Crippen LogP contribution < -0.4 is 5.32 Å². The fraction of sp³-hybridized carbons (Fsp3) is 0.500. The van der Waals surface area contributed by atoms with E-state index in [2.05, 4.69) is 5.32 Å². The molecule has 0 saturated carbocycles. The van der Waals surface area contributed by atoms with Gasteiger partial charge in [-0.1, -0.05) is 0 Å². The third-order valence-electron chi connectivity index (χ3n) is 3.72. The summed E-state index contributed by atoms with van der Waals surface area (Å²) < 4.78 is 0. The molecule has 130 valence electrons. The van der Waals surface area contributed by atoms with Gasteiger partial charge in [0, 0.05) is 18.6 Å². The first-order chi connectivity index (χ1) is 11.2. The van der Waals surface area contributed by atoms with Crippen molar-refractivity contribution in [2.75, 3.05) is 5.75 Å². The molecule has 2 aliphatic heterocycles. The van der Waals surface area contributed by atoms with Gasteiger partial charge in [0.1, 0.15) is 17.1 Å². The number of nitrogens with zero attached hydrogens (tertiary/aromatic N) is 1. The van der Waals surface area contributed by atoms with Gasteiger partial charge < -0.3 is 15.5 Å². The number of aliphatic carboxylic acids is 2. The zero-order chi connectivity index (χ0) is 18.0. The van der Waals surface area contributed by atoms with Crippen molar-refractivity contribution in [3.8, 4) is 0 Å². The molecule has 0 bridgehead atoms. The molecule has 0 radical (unpaired) electrons. The molecular weight excluding hydrogens is 340 g/mol. The molecule has 1 fully saturated rings. The van der Waals surface area contributed by atoms with E-state index in [4.69, 9.17) is 5.11 Å². The summed E-state index contributed by atoms with van der Waals surface area (Å²) in [6.07, 6.45) is -0.267. The standard InChI is InChI=1S/C14H16N2O7S/c1-6-5-24-12-9(11(19)16(12)10(6)14(22)23)15-8(18)4-2-3-7(17)13(20)21/h9,12H,2-5H2,1H3,(H,15,18)(H,20,21)(H,22,23)/t9-,12-/m1/s1. The van der Waals surface area contributed by atoms with Crippen molar-refractivity contribution in [2.24, 2.45) is 0 Å². The minimum Gasteiger partial charge on any atom is -0.477 e. The maximum atomic E-state index is 12.1. The van der Waals surface area contributed by atoms with E-state index in [1.807, 2.05) is 0 Å². The largest absolute Gasteiger partial charge is 0.477 e. The van der Waals surface area contributed by atoms with Crippen molar-refractivity contribution >= 4 is 41.3 Å². The summed E-state index contributed by atoms with van der Waals surface area (Å²) in [5.74, 6) is -4.20. The SMILES string of the molecule is CC1=C(C(=O)O)N2C(=O)[C@@H](NC(=O)CCCC(=O)C(=O)O)[C@H]2SC1. The van der Waals surface area contributed by atoms with Crippen LogP contribution in [0.15, 0.2) is 11.3 Å². The second-order valence-electron chi connectivity index (χ2n) is 5.47. The number of hydrogen-bond acceptors (Lipinski definition) is 6. The normalized spacial score (nSPS) is 22.5. The molecular formula is C14H16N2O7S. The van der Waals surface area contributed by atoms with Gasteiger partial charge >= 0.3 is 11.9 Å². The van der Waals surface area contributed by atoms with Crippen molar-refractivity contribution in [1.82, 2.24) is 10.2 Å². The van der Waals surface area contributed by atoms with Crippen LogP contribution in [0.25, 0.3) is 0 Å². The van der Waals surface area contributed by atoms with E-state index in [1.165, 1.54) is 16.7 Å². The van der Waals surface area contributed by atoms with Crippen LogP contribution in [-0.2, 0) is 24.0 Å². The Labute approximate surface area is 141 Å². The molecule has 2 atom stereocenters. The van der Waals surface area contributed by atoms with Gasteiger partial charge in [-0.2, -0.15) is 0 Å². The van der Waals surface area contributed by atoms with Gasteiger partial charge in [0.15, 0.2) is 0 Å². The molecule has 0 aromatic carbocycles. The lowest BCUT2D eigenvalue weighted by Crippen LogP contribution is -2.70. The number of thioether (sulfide) groups is 1. The molecule has 0 spiro atoms. The highest BCUT2D eigenvalue weighted by Crippen LogP contribution is 2.40. The van der Waals surface area contributed by atoms with E-state index in [0.29, 0.717) is 11.3 Å². The molecule has 0 aromatic rings. The Kier molecular flexibility index (Phi) is 5.27. The smallest absolute Gasteiger partial charge is 0.372 e. The van der Waals surface area contributed by atoms with Crippen LogP contribution in [-0.4, -0.2) is 61.8 Å². The van der Waals surface area contributed by atoms with Crippen LogP contribution in [0.4, 0.5) is 0 Å². The molecule has 0 aliphatic carbocycles. The summed E-state index contributed by atoms with van der Waals surface area (Å²) in [6.45, 7) is 1.64. The number of amides is 2. The summed E-state index contributed by atoms with van der Waals surface area (Å²) in [5, 5.41) is 19.7. The van der Waals surface area contributed by atoms with Crippen molar-refractivity contribution < 1.29 is 34.2 Å². The fourth-order valence-electron chi connectivity index (χ4n) is 2.54. The molecule has 0 aromatic heterocycles. The maximum Gasteiger partial charge on any atom is 0.372 e. The van der Waals surface area contributed by atoms with Crippen molar-refractivity contribution in [1.29, 1.82) is 0 Å². The molecule has 24 heavy (non-hydrogen) atoms. The lowest BCUT2D eigenvalue weighted by molar-refractivity contribution is -0.150. The summed E-state index contributed by atoms with van der Waals surface area (Å²) in [7, 11) is 0. The van der Waals surface area contributed by atoms with Crippen LogP contribution in [0.1, 0.15) is 26.2 Å². The first kappa shape index (κ1) is 18.0. The lowest BCUT2D eigenvalue weighted by Gasteiger charge is -2.49. The average Bonchev–Trinajstić information content (AvgIpc) is 2.51. The first-order valence-corrected chi connectivity index (χ1v) is 8.22. The highest BCUT2D eigenvalue weighted by atomic mass is 32.2. The van der Waals surface area contributed by atoms with Gasteiger partial charge in [0.05, 0.1) is 0 Å². The summed E-state index contributed by atoms with van der Waals surface area (Å²) in [6, 6.07) is -0.805. The Morgan fingerprint density at radius 1 is 1.25 bits per heavy atom. The molecule has 2 aliphatic rings. The van der Waals surface area contributed by atoms with E-state index < -0.39 is 41.0 Å². The highest BCUT2D eigenvalue weighted by molar-refractivity contribution is 8.00. The number of carboxylic acids is 2. The number of β-lactam (4-membered cyclic amide) rings is 1. The Morgan fingerprint density at radius 2 is 1.92 bits per heavy atom. The predicted molar refractivity (Wildman–Crippen MR) is 81.9 cm³/mol. The second-order valence-corrected chi connectivity index (χ2v) is 6.58. The average molecular weight is 356 g/mol. The number of hydrogen-bond donors (Lipinski definition) is 3. The molecule has 10 heteroatoms. The Hall–Kier alpha value is -2.36. The van der Waals surface area contributed by atoms with Crippen LogP contribution in [0.3, 0.4) is 0 Å². The van der Waals surface area contributed by atoms with E-state index in [1.54, 1.807) is 6.92 Å². The zero-order valence-electron chi connectivity index (χ0n) is 12.8. The zero-order valence-corrected chi connectivity index (χ0v) is 13.6. The third-order valence-corrected chi connectivity index (χ3v) is 5.15. The van der Waals surface area contributed by atoms with E-state index in [9.17, 15) is 29.1 Å². The minimum atomic E-state index is -1.54. The summed E-state index contributed by atoms with van der Waals surface area (Å²) >= 11 is 1.37. The van der Waals surface area contributed by atoms with Crippen LogP contribution in [0, 0.1) is 0 Å². The number of ketones is 1. The first-order valence-electron chi connectivity index (χ1n) is 7.17. The van der Waals surface area contributed by atoms with Crippen molar-refractivity contribution in [3.63, 3.8) is 0 Å². The third kappa shape index (κ3) is 3.42. The number of carbonyl (C=O) groups is 5. The number of carbonyl (C=O) groups excluding carboxylic acids is 3. The van der Waals surface area contributed by atoms with E-state index in [-0.39, 0.29) is 25.0 Å².